The average Bonchev–Trinajstić information content (AvgIpc) is 2.89. The number of hydrogen-bond acceptors (Lipinski definition) is 7. The van der Waals surface area contributed by atoms with Crippen molar-refractivity contribution in [1.82, 2.24) is 10.3 Å². The molecule has 10 heteroatoms. The van der Waals surface area contributed by atoms with Crippen molar-refractivity contribution in [3.8, 4) is 5.75 Å². The largest absolute Gasteiger partial charge is 0.508 e. The maximum Gasteiger partial charge on any atom is 0.270 e. The number of hydrazone groups is 1. The summed E-state index contributed by atoms with van der Waals surface area (Å²) in [4.78, 5) is 39.9. The molecule has 1 aliphatic heterocycles. The quantitative estimate of drug-likeness (QED) is 0.295. The number of phenolic OH excluding ortho intramolecular Hbond substituents is 1. The molecule has 1 heterocycles. The summed E-state index contributed by atoms with van der Waals surface area (Å²) in [5.74, 6) is -0.232. The van der Waals surface area contributed by atoms with E-state index in [2.05, 4.69) is 15.4 Å². The number of nitrogens with zero attached hydrogens (tertiary/aromatic N) is 4. The van der Waals surface area contributed by atoms with E-state index in [9.17, 15) is 24.8 Å². The highest BCUT2D eigenvalue weighted by Gasteiger charge is 2.29. The molecule has 0 radical (unpaired) electrons. The Balaban J connectivity index is 1.72. The van der Waals surface area contributed by atoms with Gasteiger partial charge >= 0.3 is 0 Å². The minimum absolute atomic E-state index is 0.0844. The molecule has 0 spiro atoms. The Morgan fingerprint density at radius 2 is 2.00 bits per heavy atom. The van der Waals surface area contributed by atoms with Crippen LogP contribution < -0.4 is 10.3 Å². The van der Waals surface area contributed by atoms with Crippen molar-refractivity contribution in [3.63, 3.8) is 0 Å². The molecule has 1 saturated heterocycles. The van der Waals surface area contributed by atoms with E-state index in [0.717, 1.165) is 18.5 Å². The van der Waals surface area contributed by atoms with Crippen LogP contribution in [0.1, 0.15) is 44.2 Å². The number of anilines is 1. The molecule has 1 atom stereocenters. The second-order valence-corrected chi connectivity index (χ2v) is 8.72. The van der Waals surface area contributed by atoms with Gasteiger partial charge in [0, 0.05) is 56.0 Å². The van der Waals surface area contributed by atoms with Gasteiger partial charge in [-0.1, -0.05) is 18.2 Å². The van der Waals surface area contributed by atoms with Crippen LogP contribution in [0.4, 0.5) is 11.4 Å². The van der Waals surface area contributed by atoms with Crippen LogP contribution in [0.5, 0.6) is 5.75 Å². The first-order valence-electron chi connectivity index (χ1n) is 12.2. The van der Waals surface area contributed by atoms with E-state index in [4.69, 9.17) is 0 Å². The zero-order valence-electron chi connectivity index (χ0n) is 20.7. The molecule has 0 aliphatic carbocycles. The first kappa shape index (κ1) is 26.7. The number of carbonyl (C=O) groups excluding carboxylic acids is 2. The third kappa shape index (κ3) is 6.80. The number of amides is 2. The Kier molecular flexibility index (Phi) is 9.38. The number of aryl methyl sites for hydroxylation is 1. The molecule has 2 aromatic rings. The molecule has 0 unspecified atom stereocenters. The second kappa shape index (κ2) is 12.7. The minimum atomic E-state index is -0.477. The summed E-state index contributed by atoms with van der Waals surface area (Å²) in [6.45, 7) is 6.47. The molecule has 2 aromatic carbocycles. The molecular weight excluding hydrogens is 462 g/mol. The van der Waals surface area contributed by atoms with Crippen molar-refractivity contribution < 1.29 is 19.6 Å². The smallest absolute Gasteiger partial charge is 0.270 e. The Hall–Kier alpha value is -3.95. The molecular formula is C26H33N5O5. The fraction of sp³-hybridized carbons (Fsp3) is 0.423. The maximum absolute atomic E-state index is 12.9. The lowest BCUT2D eigenvalue weighted by molar-refractivity contribution is -0.384. The number of para-hydroxylation sites is 1. The normalized spacial score (nSPS) is 15.6. The molecule has 1 aliphatic rings. The van der Waals surface area contributed by atoms with Gasteiger partial charge in [-0.3, -0.25) is 19.7 Å². The van der Waals surface area contributed by atoms with E-state index in [1.54, 1.807) is 30.3 Å². The fourth-order valence-electron chi connectivity index (χ4n) is 4.44. The van der Waals surface area contributed by atoms with Gasteiger partial charge in [-0.05, 0) is 50.8 Å². The number of piperidine rings is 1. The predicted octanol–water partition coefficient (Wildman–Crippen LogP) is 3.47. The summed E-state index contributed by atoms with van der Waals surface area (Å²) in [6, 6.07) is 11.3. The van der Waals surface area contributed by atoms with Gasteiger partial charge in [0.1, 0.15) is 5.75 Å². The summed E-state index contributed by atoms with van der Waals surface area (Å²) < 4.78 is 0. The van der Waals surface area contributed by atoms with Crippen molar-refractivity contribution in [2.24, 2.45) is 11.0 Å². The maximum atomic E-state index is 12.9. The lowest BCUT2D eigenvalue weighted by atomic mass is 9.95. The van der Waals surface area contributed by atoms with Gasteiger partial charge in [0.2, 0.25) is 11.8 Å². The number of nitro groups is 1. The molecule has 1 fully saturated rings. The predicted molar refractivity (Wildman–Crippen MR) is 138 cm³/mol. The lowest BCUT2D eigenvalue weighted by Gasteiger charge is -2.36. The zero-order valence-corrected chi connectivity index (χ0v) is 20.7. The van der Waals surface area contributed by atoms with Gasteiger partial charge in [-0.2, -0.15) is 5.10 Å². The van der Waals surface area contributed by atoms with Crippen molar-refractivity contribution in [2.45, 2.75) is 39.5 Å². The van der Waals surface area contributed by atoms with E-state index in [-0.39, 0.29) is 35.6 Å². The van der Waals surface area contributed by atoms with E-state index in [1.807, 2.05) is 18.7 Å². The van der Waals surface area contributed by atoms with Crippen LogP contribution in [0, 0.1) is 16.0 Å². The van der Waals surface area contributed by atoms with Crippen LogP contribution in [0.15, 0.2) is 47.6 Å². The Labute approximate surface area is 210 Å². The minimum Gasteiger partial charge on any atom is -0.508 e. The summed E-state index contributed by atoms with van der Waals surface area (Å²) in [5.41, 5.74) is 4.25. The number of non-ortho nitro benzene ring substituents is 1. The van der Waals surface area contributed by atoms with Gasteiger partial charge in [0.25, 0.3) is 5.69 Å². The average molecular weight is 496 g/mol. The highest BCUT2D eigenvalue weighted by Crippen LogP contribution is 2.29. The van der Waals surface area contributed by atoms with E-state index < -0.39 is 4.92 Å². The molecule has 36 heavy (non-hydrogen) atoms. The number of benzene rings is 2. The molecule has 2 N–H and O–H groups in total. The summed E-state index contributed by atoms with van der Waals surface area (Å²) in [5, 5.41) is 25.2. The van der Waals surface area contributed by atoms with Gasteiger partial charge < -0.3 is 14.9 Å². The number of aromatic hydroxyl groups is 1. The summed E-state index contributed by atoms with van der Waals surface area (Å²) in [7, 11) is 0. The topological polar surface area (TPSA) is 128 Å². The van der Waals surface area contributed by atoms with Gasteiger partial charge in [-0.25, -0.2) is 5.43 Å². The number of nitrogens with one attached hydrogen (secondary N) is 1. The Morgan fingerprint density at radius 3 is 2.69 bits per heavy atom. The van der Waals surface area contributed by atoms with E-state index in [1.165, 1.54) is 18.3 Å². The van der Waals surface area contributed by atoms with E-state index >= 15 is 0 Å². The summed E-state index contributed by atoms with van der Waals surface area (Å²) >= 11 is 0. The van der Waals surface area contributed by atoms with Gasteiger partial charge in [0.05, 0.1) is 17.1 Å². The number of carbonyl (C=O) groups is 2. The number of nitro benzene ring substituents is 1. The summed E-state index contributed by atoms with van der Waals surface area (Å²) in [6.07, 6.45) is 3.50. The van der Waals surface area contributed by atoms with Crippen LogP contribution in [0.25, 0.3) is 0 Å². The number of rotatable bonds is 10. The monoisotopic (exact) mass is 495 g/mol. The molecule has 0 aromatic heterocycles. The van der Waals surface area contributed by atoms with Crippen LogP contribution in [-0.4, -0.2) is 59.1 Å². The lowest BCUT2D eigenvalue weighted by Crippen LogP contribution is -2.45. The van der Waals surface area contributed by atoms with Crippen molar-refractivity contribution in [2.75, 3.05) is 31.1 Å². The standard InChI is InChI=1S/C26H33N5O5/c1-3-29(4-2)26(34)20-9-7-15-30(18-20)23-13-12-22(31(35)36)16-21(23)17-27-28-25(33)14-11-19-8-5-6-10-24(19)32/h5-6,8,10,12-13,16-17,20,32H,3-4,7,9,11,14-15,18H2,1-2H3,(H,28,33)/t20-/m1/s1. The first-order valence-corrected chi connectivity index (χ1v) is 12.2. The zero-order chi connectivity index (χ0) is 26.1. The fourth-order valence-corrected chi connectivity index (χ4v) is 4.44. The second-order valence-electron chi connectivity index (χ2n) is 8.72. The third-order valence-electron chi connectivity index (χ3n) is 6.41. The van der Waals surface area contributed by atoms with Crippen molar-refractivity contribution in [3.05, 3.63) is 63.7 Å². The third-order valence-corrected chi connectivity index (χ3v) is 6.41. The molecule has 10 nitrogen and oxygen atoms in total. The highest BCUT2D eigenvalue weighted by molar-refractivity contribution is 5.90. The molecule has 2 amide bonds. The number of phenols is 1. The first-order chi connectivity index (χ1) is 17.3. The highest BCUT2D eigenvalue weighted by atomic mass is 16.6. The van der Waals surface area contributed by atoms with Crippen LogP contribution >= 0.6 is 0 Å². The van der Waals surface area contributed by atoms with Crippen LogP contribution in [-0.2, 0) is 16.0 Å². The van der Waals surface area contributed by atoms with Crippen LogP contribution in [0.3, 0.4) is 0 Å². The van der Waals surface area contributed by atoms with Gasteiger partial charge in [-0.15, -0.1) is 0 Å². The van der Waals surface area contributed by atoms with Crippen LogP contribution in [0.2, 0.25) is 0 Å². The van der Waals surface area contributed by atoms with Gasteiger partial charge in [0.15, 0.2) is 0 Å². The molecule has 0 saturated carbocycles. The van der Waals surface area contributed by atoms with E-state index in [0.29, 0.717) is 43.7 Å². The molecule has 0 bridgehead atoms. The van der Waals surface area contributed by atoms with Crippen molar-refractivity contribution in [1.29, 1.82) is 0 Å². The number of hydrogen-bond donors (Lipinski definition) is 2. The SMILES string of the molecule is CCN(CC)C(=O)[C@@H]1CCCN(c2ccc([N+](=O)[O-])cc2C=NNC(=O)CCc2ccccc2O)C1. The molecule has 3 rings (SSSR count). The Bertz CT molecular complexity index is 1120. The van der Waals surface area contributed by atoms with Crippen molar-refractivity contribution >= 4 is 29.4 Å². The molecule has 192 valence electrons. The Morgan fingerprint density at radius 1 is 1.25 bits per heavy atom.